The molecule has 10 heteroatoms. The van der Waals surface area contributed by atoms with Gasteiger partial charge in [0.05, 0.1) is 12.4 Å². The third kappa shape index (κ3) is 3.27. The van der Waals surface area contributed by atoms with Crippen molar-refractivity contribution in [2.75, 3.05) is 6.01 Å². The molecule has 0 aromatic carbocycles. The number of hydrogen-bond donors (Lipinski definition) is 1. The number of rotatable bonds is 4. The number of hydrogen-bond acceptors (Lipinski definition) is 7. The number of carbonyl (C=O) groups is 3. The highest BCUT2D eigenvalue weighted by Crippen LogP contribution is 2.72. The van der Waals surface area contributed by atoms with E-state index in [1.165, 1.54) is 37.5 Å². The molecule has 200 valence electrons. The Bertz CT molecular complexity index is 1200. The van der Waals surface area contributed by atoms with Gasteiger partial charge in [0, 0.05) is 22.7 Å². The molecule has 0 aliphatic heterocycles. The molecule has 1 aromatic rings. The fourth-order valence-electron chi connectivity index (χ4n) is 7.97. The first kappa shape index (κ1) is 26.3. The first-order chi connectivity index (χ1) is 17.4. The molecule has 3 saturated carbocycles. The number of ether oxygens (including phenoxy) is 1. The minimum Gasteiger partial charge on any atom is -0.457 e. The summed E-state index contributed by atoms with van der Waals surface area (Å²) in [5, 5.41) is 10.7. The molecular weight excluding hydrogens is 509 g/mol. The van der Waals surface area contributed by atoms with Crippen molar-refractivity contribution in [3.63, 3.8) is 0 Å². The van der Waals surface area contributed by atoms with Gasteiger partial charge in [-0.15, -0.1) is 0 Å². The lowest BCUT2D eigenvalue weighted by atomic mass is 9.44. The highest BCUT2D eigenvalue weighted by Gasteiger charge is 2.78. The van der Waals surface area contributed by atoms with E-state index in [0.717, 1.165) is 6.08 Å². The number of allylic oxidation sites excluding steroid dienone is 4. The fourth-order valence-corrected chi connectivity index (χ4v) is 8.76. The first-order valence-corrected chi connectivity index (χ1v) is 13.3. The Morgan fingerprint density at radius 1 is 1.27 bits per heavy atom. The third-order valence-electron chi connectivity index (χ3n) is 9.63. The predicted molar refractivity (Wildman–Crippen MR) is 129 cm³/mol. The largest absolute Gasteiger partial charge is 0.457 e. The van der Waals surface area contributed by atoms with Crippen molar-refractivity contribution < 1.29 is 41.8 Å². The van der Waals surface area contributed by atoms with Crippen molar-refractivity contribution in [3.05, 3.63) is 48.0 Å². The Balaban J connectivity index is 1.64. The molecule has 4 aliphatic rings. The molecule has 5 rings (SSSR count). The van der Waals surface area contributed by atoms with Crippen LogP contribution >= 0.6 is 11.8 Å². The molecule has 37 heavy (non-hydrogen) atoms. The molecule has 1 heterocycles. The van der Waals surface area contributed by atoms with Crippen LogP contribution in [0.5, 0.6) is 0 Å². The monoisotopic (exact) mass is 538 g/mol. The van der Waals surface area contributed by atoms with Gasteiger partial charge in [0.1, 0.15) is 12.2 Å². The second-order valence-corrected chi connectivity index (χ2v) is 12.0. The molecule has 0 bridgehead atoms. The number of aliphatic hydroxyl groups is 1. The summed E-state index contributed by atoms with van der Waals surface area (Å²) in [7, 11) is 0. The molecule has 0 saturated heterocycles. The van der Waals surface area contributed by atoms with Crippen molar-refractivity contribution in [2.45, 2.75) is 63.6 Å². The van der Waals surface area contributed by atoms with Crippen LogP contribution in [-0.4, -0.2) is 51.5 Å². The van der Waals surface area contributed by atoms with Gasteiger partial charge in [-0.05, 0) is 73.7 Å². The Hall–Kier alpha value is -2.33. The number of carbonyl (C=O) groups excluding carboxylic acids is 3. The molecular formula is C27H29F3O6S. The standard InChI is InChI=1S/C27H29F3O6S/c1-14-9-16-17-11-19(29)18-10-15(31)6-7-24(18,2)26(17,30)21(32)12-25(16,3)27(14,23(34)37-13-28)36-22(33)20-5-4-8-35-20/h4-8,10,14,16-17,19,21,32H,9,11-13H2,1-3H3/t14-,16+,17+,19?,21?,24+,25+,26?,27?/m1/s1. The maximum absolute atomic E-state index is 17.4. The van der Waals surface area contributed by atoms with E-state index in [9.17, 15) is 23.9 Å². The van der Waals surface area contributed by atoms with Gasteiger partial charge < -0.3 is 14.3 Å². The van der Waals surface area contributed by atoms with Crippen LogP contribution in [0.1, 0.15) is 50.6 Å². The van der Waals surface area contributed by atoms with Gasteiger partial charge in [-0.25, -0.2) is 18.0 Å². The summed E-state index contributed by atoms with van der Waals surface area (Å²) in [6.07, 6.45) is 1.16. The number of furan rings is 1. The number of esters is 1. The predicted octanol–water partition coefficient (Wildman–Crippen LogP) is 4.93. The third-order valence-corrected chi connectivity index (χ3v) is 10.3. The van der Waals surface area contributed by atoms with E-state index in [-0.39, 0.29) is 30.6 Å². The van der Waals surface area contributed by atoms with E-state index in [1.54, 1.807) is 13.8 Å². The molecule has 1 N–H and O–H groups in total. The van der Waals surface area contributed by atoms with Crippen LogP contribution in [0.3, 0.4) is 0 Å². The Labute approximate surface area is 216 Å². The summed E-state index contributed by atoms with van der Waals surface area (Å²) in [5.41, 5.74) is -7.19. The number of aliphatic hydroxyl groups excluding tert-OH is 1. The summed E-state index contributed by atoms with van der Waals surface area (Å²) in [6, 6.07) is 1.78. The minimum absolute atomic E-state index is 0.00739. The average molecular weight is 539 g/mol. The molecule has 4 aliphatic carbocycles. The molecule has 3 fully saturated rings. The smallest absolute Gasteiger partial charge is 0.375 e. The van der Waals surface area contributed by atoms with Crippen LogP contribution < -0.4 is 0 Å². The summed E-state index contributed by atoms with van der Waals surface area (Å²) >= 11 is 0.352. The van der Waals surface area contributed by atoms with E-state index in [2.05, 4.69) is 0 Å². The Morgan fingerprint density at radius 2 is 2.00 bits per heavy atom. The maximum Gasteiger partial charge on any atom is 0.375 e. The zero-order valence-corrected chi connectivity index (χ0v) is 21.5. The second kappa shape index (κ2) is 8.59. The fraction of sp³-hybridized carbons (Fsp3) is 0.593. The van der Waals surface area contributed by atoms with Gasteiger partial charge in [-0.1, -0.05) is 19.9 Å². The molecule has 0 spiro atoms. The summed E-state index contributed by atoms with van der Waals surface area (Å²) in [5.74, 6) is -3.98. The maximum atomic E-state index is 17.4. The van der Waals surface area contributed by atoms with Crippen molar-refractivity contribution >= 4 is 28.6 Å². The van der Waals surface area contributed by atoms with Gasteiger partial charge in [-0.2, -0.15) is 0 Å². The summed E-state index contributed by atoms with van der Waals surface area (Å²) < 4.78 is 57.5. The van der Waals surface area contributed by atoms with E-state index in [0.29, 0.717) is 11.8 Å². The van der Waals surface area contributed by atoms with Crippen LogP contribution in [0.15, 0.2) is 46.6 Å². The lowest BCUT2D eigenvalue weighted by Crippen LogP contribution is -2.70. The number of fused-ring (bicyclic) bond motifs is 5. The lowest BCUT2D eigenvalue weighted by Gasteiger charge is -2.63. The SMILES string of the molecule is C[C@@H]1C[C@H]2[C@@H]3CC(F)C4=CC(=O)C=C[C@]4(C)C3(F)C(O)C[C@]2(C)C1(OC(=O)c1ccco1)C(=O)SCF. The van der Waals surface area contributed by atoms with Crippen LogP contribution in [0, 0.1) is 28.6 Å². The Morgan fingerprint density at radius 3 is 2.65 bits per heavy atom. The number of alkyl halides is 3. The average Bonchev–Trinajstić information content (AvgIpc) is 3.45. The van der Waals surface area contributed by atoms with Crippen LogP contribution in [0.25, 0.3) is 0 Å². The highest BCUT2D eigenvalue weighted by atomic mass is 32.2. The van der Waals surface area contributed by atoms with Crippen LogP contribution in [-0.2, 0) is 14.3 Å². The topological polar surface area (TPSA) is 93.8 Å². The molecule has 4 unspecified atom stereocenters. The van der Waals surface area contributed by atoms with Crippen molar-refractivity contribution in [3.8, 4) is 0 Å². The minimum atomic E-state index is -2.35. The normalized spacial score (nSPS) is 44.5. The van der Waals surface area contributed by atoms with Crippen molar-refractivity contribution in [2.24, 2.45) is 28.6 Å². The number of ketones is 1. The van der Waals surface area contributed by atoms with Crippen molar-refractivity contribution in [1.29, 1.82) is 0 Å². The molecule has 1 aromatic heterocycles. The van der Waals surface area contributed by atoms with Gasteiger partial charge >= 0.3 is 5.97 Å². The van der Waals surface area contributed by atoms with E-state index >= 15 is 8.78 Å². The van der Waals surface area contributed by atoms with Gasteiger partial charge in [0.2, 0.25) is 10.9 Å². The zero-order chi connectivity index (χ0) is 27.0. The summed E-state index contributed by atoms with van der Waals surface area (Å²) in [6.45, 7) is 4.79. The zero-order valence-electron chi connectivity index (χ0n) is 20.7. The lowest BCUT2D eigenvalue weighted by molar-refractivity contribution is -0.221. The van der Waals surface area contributed by atoms with Crippen LogP contribution in [0.2, 0.25) is 0 Å². The first-order valence-electron chi connectivity index (χ1n) is 12.3. The number of halogens is 3. The van der Waals surface area contributed by atoms with Gasteiger partial charge in [0.15, 0.2) is 17.1 Å². The Kier molecular flexibility index (Phi) is 6.10. The van der Waals surface area contributed by atoms with Gasteiger partial charge in [0.25, 0.3) is 0 Å². The van der Waals surface area contributed by atoms with Gasteiger partial charge in [-0.3, -0.25) is 9.59 Å². The van der Waals surface area contributed by atoms with E-state index in [4.69, 9.17) is 9.15 Å². The highest BCUT2D eigenvalue weighted by molar-refractivity contribution is 8.13. The molecule has 0 radical (unpaired) electrons. The quantitative estimate of drug-likeness (QED) is 0.544. The molecule has 9 atom stereocenters. The summed E-state index contributed by atoms with van der Waals surface area (Å²) in [4.78, 5) is 38.7. The van der Waals surface area contributed by atoms with Crippen molar-refractivity contribution in [1.82, 2.24) is 0 Å². The van der Waals surface area contributed by atoms with Crippen LogP contribution in [0.4, 0.5) is 13.2 Å². The van der Waals surface area contributed by atoms with E-state index in [1.807, 2.05) is 0 Å². The second-order valence-electron chi connectivity index (χ2n) is 11.1. The number of thioether (sulfide) groups is 1. The molecule has 6 nitrogen and oxygen atoms in total. The molecule has 0 amide bonds. The van der Waals surface area contributed by atoms with E-state index < -0.39 is 75.0 Å².